The van der Waals surface area contributed by atoms with E-state index in [1.165, 1.54) is 4.68 Å². The predicted octanol–water partition coefficient (Wildman–Crippen LogP) is 4.97. The van der Waals surface area contributed by atoms with Crippen LogP contribution in [0.15, 0.2) is 18.2 Å². The Bertz CT molecular complexity index is 749. The molecule has 0 spiro atoms. The van der Waals surface area contributed by atoms with Gasteiger partial charge >= 0.3 is 6.01 Å². The summed E-state index contributed by atoms with van der Waals surface area (Å²) in [7, 11) is 0. The minimum atomic E-state index is -0.628. The first-order chi connectivity index (χ1) is 11.1. The van der Waals surface area contributed by atoms with Crippen LogP contribution in [0, 0.1) is 11.3 Å². The number of hydrogen-bond acceptors (Lipinski definition) is 4. The van der Waals surface area contributed by atoms with Gasteiger partial charge in [0.25, 0.3) is 5.91 Å². The first-order valence-electron chi connectivity index (χ1n) is 7.69. The van der Waals surface area contributed by atoms with E-state index in [9.17, 15) is 4.79 Å². The van der Waals surface area contributed by atoms with Crippen LogP contribution >= 0.6 is 23.2 Å². The molecule has 0 aliphatic heterocycles. The molecule has 24 heavy (non-hydrogen) atoms. The first kappa shape index (κ1) is 18.7. The Morgan fingerprint density at radius 1 is 1.29 bits per heavy atom. The molecule has 0 aliphatic carbocycles. The SMILES string of the molecule is CC(C)COc1nc(-c2ccc(Cl)cc2Cl)n(C(=O)C(C)(C)C)n1. The van der Waals surface area contributed by atoms with Gasteiger partial charge in [0.05, 0.1) is 11.6 Å². The summed E-state index contributed by atoms with van der Waals surface area (Å²) < 4.78 is 6.83. The van der Waals surface area contributed by atoms with E-state index in [4.69, 9.17) is 27.9 Å². The Labute approximate surface area is 151 Å². The Morgan fingerprint density at radius 2 is 1.96 bits per heavy atom. The van der Waals surface area contributed by atoms with Crippen molar-refractivity contribution in [2.75, 3.05) is 6.61 Å². The lowest BCUT2D eigenvalue weighted by atomic mass is 9.95. The maximum absolute atomic E-state index is 12.7. The van der Waals surface area contributed by atoms with Crippen LogP contribution in [0.1, 0.15) is 39.4 Å². The molecule has 0 radical (unpaired) electrons. The number of ether oxygens (including phenoxy) is 1. The number of aromatic nitrogens is 3. The lowest BCUT2D eigenvalue weighted by Crippen LogP contribution is -2.28. The van der Waals surface area contributed by atoms with Crippen molar-refractivity contribution in [1.29, 1.82) is 0 Å². The molecule has 0 N–H and O–H groups in total. The molecule has 0 aliphatic rings. The van der Waals surface area contributed by atoms with Crippen molar-refractivity contribution in [2.45, 2.75) is 34.6 Å². The summed E-state index contributed by atoms with van der Waals surface area (Å²) in [6.07, 6.45) is 0. The van der Waals surface area contributed by atoms with Crippen LogP contribution in [0.4, 0.5) is 0 Å². The molecule has 0 bridgehead atoms. The van der Waals surface area contributed by atoms with Crippen molar-refractivity contribution < 1.29 is 9.53 Å². The van der Waals surface area contributed by atoms with Crippen LogP contribution < -0.4 is 4.74 Å². The first-order valence-corrected chi connectivity index (χ1v) is 8.45. The third-order valence-electron chi connectivity index (χ3n) is 3.14. The van der Waals surface area contributed by atoms with Gasteiger partial charge in [0.2, 0.25) is 0 Å². The molecule has 0 atom stereocenters. The number of halogens is 2. The van der Waals surface area contributed by atoms with E-state index in [2.05, 4.69) is 10.1 Å². The molecule has 1 aromatic heterocycles. The van der Waals surface area contributed by atoms with Gasteiger partial charge in [0, 0.05) is 16.0 Å². The van der Waals surface area contributed by atoms with Crippen molar-refractivity contribution in [3.8, 4) is 17.4 Å². The highest BCUT2D eigenvalue weighted by Gasteiger charge is 2.29. The molecule has 0 unspecified atom stereocenters. The largest absolute Gasteiger partial charge is 0.462 e. The lowest BCUT2D eigenvalue weighted by molar-refractivity contribution is 0.0748. The minimum Gasteiger partial charge on any atom is -0.462 e. The lowest BCUT2D eigenvalue weighted by Gasteiger charge is -2.17. The van der Waals surface area contributed by atoms with Gasteiger partial charge in [0.1, 0.15) is 0 Å². The second-order valence-corrected chi connectivity index (χ2v) is 7.86. The zero-order valence-corrected chi connectivity index (χ0v) is 15.9. The predicted molar refractivity (Wildman–Crippen MR) is 95.9 cm³/mol. The van der Waals surface area contributed by atoms with Crippen molar-refractivity contribution >= 4 is 29.1 Å². The van der Waals surface area contributed by atoms with Gasteiger partial charge < -0.3 is 4.74 Å². The van der Waals surface area contributed by atoms with Crippen molar-refractivity contribution in [1.82, 2.24) is 14.8 Å². The zero-order chi connectivity index (χ0) is 18.1. The zero-order valence-electron chi connectivity index (χ0n) is 14.4. The Morgan fingerprint density at radius 3 is 2.50 bits per heavy atom. The van der Waals surface area contributed by atoms with Gasteiger partial charge in [-0.1, -0.05) is 57.8 Å². The molecule has 0 saturated heterocycles. The Balaban J connectivity index is 2.53. The monoisotopic (exact) mass is 369 g/mol. The van der Waals surface area contributed by atoms with Gasteiger partial charge in [0.15, 0.2) is 5.82 Å². The molecular formula is C17H21Cl2N3O2. The molecule has 1 aromatic carbocycles. The second kappa shape index (κ2) is 7.11. The summed E-state index contributed by atoms with van der Waals surface area (Å²) in [5, 5.41) is 5.13. The summed E-state index contributed by atoms with van der Waals surface area (Å²) >= 11 is 12.2. The molecule has 0 saturated carbocycles. The fraction of sp³-hybridized carbons (Fsp3) is 0.471. The smallest absolute Gasteiger partial charge is 0.336 e. The second-order valence-electron chi connectivity index (χ2n) is 7.01. The number of nitrogens with zero attached hydrogens (tertiary/aromatic N) is 3. The van der Waals surface area contributed by atoms with Crippen LogP contribution in [-0.4, -0.2) is 27.3 Å². The molecular weight excluding hydrogens is 349 g/mol. The Kier molecular flexibility index (Phi) is 5.56. The normalized spacial score (nSPS) is 11.8. The highest BCUT2D eigenvalue weighted by atomic mass is 35.5. The van der Waals surface area contributed by atoms with Crippen LogP contribution in [0.3, 0.4) is 0 Å². The van der Waals surface area contributed by atoms with E-state index < -0.39 is 5.41 Å². The van der Waals surface area contributed by atoms with Gasteiger partial charge in [-0.25, -0.2) is 0 Å². The average Bonchev–Trinajstić information content (AvgIpc) is 2.87. The number of benzene rings is 1. The van der Waals surface area contributed by atoms with Gasteiger partial charge in [-0.3, -0.25) is 4.79 Å². The van der Waals surface area contributed by atoms with E-state index >= 15 is 0 Å². The third-order valence-corrected chi connectivity index (χ3v) is 3.69. The summed E-state index contributed by atoms with van der Waals surface area (Å²) in [6, 6.07) is 5.17. The van der Waals surface area contributed by atoms with Crippen molar-refractivity contribution in [3.63, 3.8) is 0 Å². The van der Waals surface area contributed by atoms with E-state index in [1.807, 2.05) is 34.6 Å². The molecule has 2 aromatic rings. The molecule has 1 heterocycles. The summed E-state index contributed by atoms with van der Waals surface area (Å²) in [6.45, 7) is 9.96. The van der Waals surface area contributed by atoms with Crippen LogP contribution in [0.5, 0.6) is 6.01 Å². The number of hydrogen-bond donors (Lipinski definition) is 0. The van der Waals surface area contributed by atoms with Gasteiger partial charge in [-0.15, -0.1) is 5.10 Å². The topological polar surface area (TPSA) is 57.0 Å². The number of carbonyl (C=O) groups is 1. The summed E-state index contributed by atoms with van der Waals surface area (Å²) in [5.74, 6) is 0.462. The standard InChI is InChI=1S/C17H21Cl2N3O2/c1-10(2)9-24-16-20-14(12-7-6-11(18)8-13(12)19)22(21-16)15(23)17(3,4)5/h6-8,10H,9H2,1-5H3. The van der Waals surface area contributed by atoms with Gasteiger partial charge in [-0.05, 0) is 24.1 Å². The fourth-order valence-corrected chi connectivity index (χ4v) is 2.39. The highest BCUT2D eigenvalue weighted by Crippen LogP contribution is 2.31. The molecule has 0 amide bonds. The van der Waals surface area contributed by atoms with Gasteiger partial charge in [-0.2, -0.15) is 9.67 Å². The van der Waals surface area contributed by atoms with Crippen LogP contribution in [0.2, 0.25) is 10.0 Å². The molecule has 5 nitrogen and oxygen atoms in total. The Hall–Kier alpha value is -1.59. The van der Waals surface area contributed by atoms with Crippen LogP contribution in [0.25, 0.3) is 11.4 Å². The third kappa shape index (κ3) is 4.28. The fourth-order valence-electron chi connectivity index (χ4n) is 1.90. The summed E-state index contributed by atoms with van der Waals surface area (Å²) in [4.78, 5) is 17.1. The van der Waals surface area contributed by atoms with E-state index in [0.717, 1.165) is 0 Å². The quantitative estimate of drug-likeness (QED) is 0.762. The van der Waals surface area contributed by atoms with Crippen molar-refractivity contribution in [2.24, 2.45) is 11.3 Å². The average molecular weight is 370 g/mol. The number of rotatable bonds is 4. The summed E-state index contributed by atoms with van der Waals surface area (Å²) in [5.41, 5.74) is -0.0537. The molecule has 2 rings (SSSR count). The van der Waals surface area contributed by atoms with Crippen LogP contribution in [-0.2, 0) is 0 Å². The molecule has 7 heteroatoms. The highest BCUT2D eigenvalue weighted by molar-refractivity contribution is 6.36. The van der Waals surface area contributed by atoms with E-state index in [-0.39, 0.29) is 11.9 Å². The molecule has 130 valence electrons. The van der Waals surface area contributed by atoms with E-state index in [0.29, 0.717) is 34.0 Å². The molecule has 0 fully saturated rings. The maximum atomic E-state index is 12.7. The van der Waals surface area contributed by atoms with Crippen molar-refractivity contribution in [3.05, 3.63) is 28.2 Å². The number of carbonyl (C=O) groups excluding carboxylic acids is 1. The maximum Gasteiger partial charge on any atom is 0.336 e. The minimum absolute atomic E-state index is 0.155. The van der Waals surface area contributed by atoms with E-state index in [1.54, 1.807) is 18.2 Å².